The normalized spacial score (nSPS) is 12.1. The Morgan fingerprint density at radius 1 is 1.07 bits per heavy atom. The molecule has 0 radical (unpaired) electrons. The fourth-order valence-electron chi connectivity index (χ4n) is 2.18. The maximum Gasteiger partial charge on any atom is 0.330 e. The number of nitrogens with one attached hydrogen (secondary N) is 2. The van der Waals surface area contributed by atoms with Gasteiger partial charge in [-0.1, -0.05) is 17.7 Å². The number of benzene rings is 2. The van der Waals surface area contributed by atoms with Crippen molar-refractivity contribution in [3.63, 3.8) is 0 Å². The molecule has 144 valence electrons. The molecule has 0 aromatic heterocycles. The van der Waals surface area contributed by atoms with E-state index in [-0.39, 0.29) is 10.5 Å². The maximum atomic E-state index is 12.4. The largest absolute Gasteiger partial charge is 0.467 e. The molecule has 0 unspecified atom stereocenters. The number of ether oxygens (including phenoxy) is 1. The fourth-order valence-corrected chi connectivity index (χ4v) is 3.24. The number of esters is 1. The van der Waals surface area contributed by atoms with E-state index < -0.39 is 34.5 Å². The summed E-state index contributed by atoms with van der Waals surface area (Å²) in [5, 5.41) is 11.4. The van der Waals surface area contributed by atoms with Gasteiger partial charge in [0.05, 0.1) is 18.6 Å². The first-order valence-corrected chi connectivity index (χ1v) is 9.44. The number of carbonyl (C=O) groups is 2. The zero-order valence-corrected chi connectivity index (χ0v) is 15.6. The molecule has 0 aliphatic rings. The molecule has 0 bridgehead atoms. The van der Waals surface area contributed by atoms with E-state index in [1.165, 1.54) is 24.3 Å². The summed E-state index contributed by atoms with van der Waals surface area (Å²) in [4.78, 5) is 23.5. The van der Waals surface area contributed by atoms with Crippen molar-refractivity contribution in [2.75, 3.05) is 18.4 Å². The van der Waals surface area contributed by atoms with Gasteiger partial charge in [0.25, 0.3) is 15.9 Å². The quantitative estimate of drug-likeness (QED) is 0.606. The van der Waals surface area contributed by atoms with E-state index in [2.05, 4.69) is 14.8 Å². The van der Waals surface area contributed by atoms with Gasteiger partial charge in [0.1, 0.15) is 0 Å². The highest BCUT2D eigenvalue weighted by molar-refractivity contribution is 7.92. The lowest BCUT2D eigenvalue weighted by atomic mass is 10.2. The highest BCUT2D eigenvalue weighted by Gasteiger charge is 2.21. The van der Waals surface area contributed by atoms with Gasteiger partial charge in [0, 0.05) is 11.3 Å². The number of carbonyl (C=O) groups excluding carboxylic acids is 2. The van der Waals surface area contributed by atoms with Crippen LogP contribution in [0.15, 0.2) is 53.4 Å². The molecular weight excluding hydrogens is 372 g/mol. The molecule has 0 aliphatic carbocycles. The first kappa shape index (κ1) is 20.4. The van der Waals surface area contributed by atoms with Crippen LogP contribution in [0.2, 0.25) is 0 Å². The summed E-state index contributed by atoms with van der Waals surface area (Å²) in [6.45, 7) is 1.27. The summed E-state index contributed by atoms with van der Waals surface area (Å²) in [6.07, 6.45) is 0. The Hall–Kier alpha value is -2.91. The number of rotatable bonds is 7. The van der Waals surface area contributed by atoms with E-state index in [0.717, 1.165) is 12.7 Å². The smallest absolute Gasteiger partial charge is 0.330 e. The second-order valence-electron chi connectivity index (χ2n) is 5.73. The van der Waals surface area contributed by atoms with Gasteiger partial charge < -0.3 is 15.2 Å². The Labute approximate surface area is 157 Å². The average molecular weight is 392 g/mol. The lowest BCUT2D eigenvalue weighted by Gasteiger charge is -2.14. The van der Waals surface area contributed by atoms with E-state index in [1.54, 1.807) is 24.3 Å². The van der Waals surface area contributed by atoms with E-state index in [9.17, 15) is 18.0 Å². The second-order valence-corrected chi connectivity index (χ2v) is 7.41. The molecule has 2 aromatic rings. The standard InChI is InChI=1S/C18H20N2O6S/c1-12-3-7-14(8-4-12)20-27(24,25)15-9-5-13(6-10-15)17(22)19-16(11-21)18(23)26-2/h3-10,16,20-21H,11H2,1-2H3,(H,19,22)/t16-/m0/s1. The van der Waals surface area contributed by atoms with Gasteiger partial charge in [-0.3, -0.25) is 9.52 Å². The van der Waals surface area contributed by atoms with Gasteiger partial charge in [0.15, 0.2) is 6.04 Å². The van der Waals surface area contributed by atoms with Gasteiger partial charge in [-0.25, -0.2) is 13.2 Å². The number of anilines is 1. The van der Waals surface area contributed by atoms with Crippen LogP contribution in [0.3, 0.4) is 0 Å². The summed E-state index contributed by atoms with van der Waals surface area (Å²) in [5.74, 6) is -1.43. The van der Waals surface area contributed by atoms with E-state index >= 15 is 0 Å². The van der Waals surface area contributed by atoms with Crippen LogP contribution in [0.1, 0.15) is 15.9 Å². The maximum absolute atomic E-state index is 12.4. The number of amides is 1. The van der Waals surface area contributed by atoms with Crippen LogP contribution in [0, 0.1) is 6.92 Å². The lowest BCUT2D eigenvalue weighted by molar-refractivity contribution is -0.143. The molecule has 2 aromatic carbocycles. The molecule has 0 heterocycles. The van der Waals surface area contributed by atoms with Crippen molar-refractivity contribution in [1.29, 1.82) is 0 Å². The predicted octanol–water partition coefficient (Wildman–Crippen LogP) is 1.06. The molecular formula is C18H20N2O6S. The number of hydrogen-bond acceptors (Lipinski definition) is 6. The van der Waals surface area contributed by atoms with Crippen LogP contribution < -0.4 is 10.0 Å². The summed E-state index contributed by atoms with van der Waals surface area (Å²) in [5.41, 5.74) is 1.55. The minimum atomic E-state index is -3.81. The van der Waals surface area contributed by atoms with Crippen molar-refractivity contribution in [2.45, 2.75) is 17.9 Å². The molecule has 3 N–H and O–H groups in total. The summed E-state index contributed by atoms with van der Waals surface area (Å²) in [7, 11) is -2.67. The lowest BCUT2D eigenvalue weighted by Crippen LogP contribution is -2.44. The van der Waals surface area contributed by atoms with Crippen molar-refractivity contribution in [3.05, 3.63) is 59.7 Å². The van der Waals surface area contributed by atoms with Gasteiger partial charge in [-0.15, -0.1) is 0 Å². The number of aryl methyl sites for hydroxylation is 1. The Bertz CT molecular complexity index is 908. The molecule has 0 saturated carbocycles. The SMILES string of the molecule is COC(=O)[C@H](CO)NC(=O)c1ccc(S(=O)(=O)Nc2ccc(C)cc2)cc1. The molecule has 1 atom stereocenters. The van der Waals surface area contributed by atoms with Gasteiger partial charge in [-0.05, 0) is 43.3 Å². The third-order valence-electron chi connectivity index (χ3n) is 3.70. The highest BCUT2D eigenvalue weighted by atomic mass is 32.2. The first-order chi connectivity index (χ1) is 12.8. The number of aliphatic hydroxyl groups excluding tert-OH is 1. The van der Waals surface area contributed by atoms with Crippen molar-refractivity contribution in [3.8, 4) is 0 Å². The third-order valence-corrected chi connectivity index (χ3v) is 5.10. The molecule has 0 aliphatic heterocycles. The van der Waals surface area contributed by atoms with E-state index in [4.69, 9.17) is 5.11 Å². The molecule has 9 heteroatoms. The number of hydrogen-bond donors (Lipinski definition) is 3. The average Bonchev–Trinajstić information content (AvgIpc) is 2.67. The van der Waals surface area contributed by atoms with Gasteiger partial charge in [0.2, 0.25) is 0 Å². The van der Waals surface area contributed by atoms with Crippen LogP contribution in [0.25, 0.3) is 0 Å². The summed E-state index contributed by atoms with van der Waals surface area (Å²) < 4.78 is 31.7. The minimum absolute atomic E-state index is 0.0219. The Morgan fingerprint density at radius 3 is 2.19 bits per heavy atom. The molecule has 0 fully saturated rings. The molecule has 0 saturated heterocycles. The zero-order valence-electron chi connectivity index (χ0n) is 14.8. The zero-order chi connectivity index (χ0) is 20.0. The van der Waals surface area contributed by atoms with Crippen molar-refractivity contribution >= 4 is 27.6 Å². The van der Waals surface area contributed by atoms with Crippen molar-refractivity contribution < 1.29 is 27.9 Å². The molecule has 8 nitrogen and oxygen atoms in total. The number of aliphatic hydroxyl groups is 1. The van der Waals surface area contributed by atoms with Crippen LogP contribution in [-0.2, 0) is 19.6 Å². The number of sulfonamides is 1. The van der Waals surface area contributed by atoms with Gasteiger partial charge >= 0.3 is 5.97 Å². The predicted molar refractivity (Wildman–Crippen MR) is 98.8 cm³/mol. The Morgan fingerprint density at radius 2 is 1.67 bits per heavy atom. The van der Waals surface area contributed by atoms with Crippen LogP contribution in [0.4, 0.5) is 5.69 Å². The first-order valence-electron chi connectivity index (χ1n) is 7.96. The third kappa shape index (κ3) is 5.28. The van der Waals surface area contributed by atoms with E-state index in [0.29, 0.717) is 5.69 Å². The fraction of sp³-hybridized carbons (Fsp3) is 0.222. The van der Waals surface area contributed by atoms with Crippen molar-refractivity contribution in [1.82, 2.24) is 5.32 Å². The Balaban J connectivity index is 2.12. The molecule has 27 heavy (non-hydrogen) atoms. The molecule has 1 amide bonds. The second kappa shape index (κ2) is 8.65. The molecule has 2 rings (SSSR count). The van der Waals surface area contributed by atoms with Crippen LogP contribution in [-0.4, -0.2) is 45.2 Å². The van der Waals surface area contributed by atoms with Crippen LogP contribution in [0.5, 0.6) is 0 Å². The highest BCUT2D eigenvalue weighted by Crippen LogP contribution is 2.17. The monoisotopic (exact) mass is 392 g/mol. The summed E-state index contributed by atoms with van der Waals surface area (Å²) >= 11 is 0. The van der Waals surface area contributed by atoms with E-state index in [1.807, 2.05) is 6.92 Å². The van der Waals surface area contributed by atoms with Crippen LogP contribution >= 0.6 is 0 Å². The summed E-state index contributed by atoms with van der Waals surface area (Å²) in [6, 6.07) is 10.8. The minimum Gasteiger partial charge on any atom is -0.467 e. The number of methoxy groups -OCH3 is 1. The molecule has 0 spiro atoms. The Kier molecular flexibility index (Phi) is 6.54. The van der Waals surface area contributed by atoms with Gasteiger partial charge in [-0.2, -0.15) is 0 Å². The topological polar surface area (TPSA) is 122 Å². The van der Waals surface area contributed by atoms with Crippen molar-refractivity contribution in [2.24, 2.45) is 0 Å².